The predicted molar refractivity (Wildman–Crippen MR) is 55.6 cm³/mol. The quantitative estimate of drug-likeness (QED) is 0.698. The number of rotatable bonds is 3. The van der Waals surface area contributed by atoms with Crippen LogP contribution in [-0.4, -0.2) is 0 Å². The maximum absolute atomic E-state index is 12.3. The van der Waals surface area contributed by atoms with Crippen molar-refractivity contribution in [2.75, 3.05) is 0 Å². The molecule has 0 fully saturated rings. The third-order valence-electron chi connectivity index (χ3n) is 1.83. The summed E-state index contributed by atoms with van der Waals surface area (Å²) < 4.78 is 12.3. The van der Waals surface area contributed by atoms with E-state index in [0.29, 0.717) is 5.56 Å². The van der Waals surface area contributed by atoms with Gasteiger partial charge in [0, 0.05) is 0 Å². The molecule has 0 radical (unpaired) electrons. The molecule has 4 heteroatoms. The van der Waals surface area contributed by atoms with Crippen molar-refractivity contribution >= 4 is 17.7 Å². The van der Waals surface area contributed by atoms with Crippen LogP contribution in [0.15, 0.2) is 34.7 Å². The lowest BCUT2D eigenvalue weighted by Gasteiger charge is -2.03. The van der Waals surface area contributed by atoms with Crippen molar-refractivity contribution in [2.45, 2.75) is 13.0 Å². The highest BCUT2D eigenvalue weighted by Crippen LogP contribution is 2.19. The van der Waals surface area contributed by atoms with Crippen molar-refractivity contribution in [1.82, 2.24) is 0 Å². The van der Waals surface area contributed by atoms with Gasteiger partial charge in [0.25, 0.3) is 0 Å². The number of hydrogen-bond acceptors (Lipinski definition) is 2. The van der Waals surface area contributed by atoms with Gasteiger partial charge in [0.1, 0.15) is 6.04 Å². The van der Waals surface area contributed by atoms with Crippen molar-refractivity contribution in [3.63, 3.8) is 0 Å². The first kappa shape index (κ1) is 10.9. The van der Waals surface area contributed by atoms with Crippen LogP contribution in [0.5, 0.6) is 0 Å². The van der Waals surface area contributed by atoms with Gasteiger partial charge in [0.15, 0.2) is 5.29 Å². The molecule has 14 heavy (non-hydrogen) atoms. The Kier molecular flexibility index (Phi) is 3.77. The van der Waals surface area contributed by atoms with Crippen LogP contribution in [0.2, 0.25) is 0 Å². The van der Waals surface area contributed by atoms with E-state index in [2.05, 4.69) is 5.18 Å². The second-order valence-corrected chi connectivity index (χ2v) is 3.25. The number of benzene rings is 1. The molecular formula is C10H9ClFNO. The van der Waals surface area contributed by atoms with Gasteiger partial charge in [-0.05, 0) is 30.2 Å². The Hall–Kier alpha value is -1.22. The Morgan fingerprint density at radius 2 is 2.36 bits per heavy atom. The summed E-state index contributed by atoms with van der Waals surface area (Å²) in [7, 11) is 0. The van der Waals surface area contributed by atoms with Crippen LogP contribution in [0.4, 0.5) is 4.39 Å². The fourth-order valence-electron chi connectivity index (χ4n) is 1.10. The average Bonchev–Trinajstić information content (AvgIpc) is 2.16. The minimum absolute atomic E-state index is 0.429. The lowest BCUT2D eigenvalue weighted by Crippen LogP contribution is -1.88. The van der Waals surface area contributed by atoms with Gasteiger partial charge < -0.3 is 0 Å². The van der Waals surface area contributed by atoms with E-state index in [1.165, 1.54) is 6.08 Å². The zero-order valence-corrected chi connectivity index (χ0v) is 8.33. The minimum atomic E-state index is -0.783. The molecule has 0 aliphatic heterocycles. The third kappa shape index (κ3) is 2.92. The van der Waals surface area contributed by atoms with Gasteiger partial charge in [0.2, 0.25) is 0 Å². The topological polar surface area (TPSA) is 29.4 Å². The molecule has 0 spiro atoms. The van der Waals surface area contributed by atoms with Gasteiger partial charge >= 0.3 is 0 Å². The summed E-state index contributed by atoms with van der Waals surface area (Å²) in [5.41, 5.74) is 1.36. The lowest BCUT2D eigenvalue weighted by atomic mass is 10.1. The van der Waals surface area contributed by atoms with Crippen LogP contribution < -0.4 is 0 Å². The van der Waals surface area contributed by atoms with E-state index < -0.39 is 11.3 Å². The van der Waals surface area contributed by atoms with E-state index >= 15 is 0 Å². The second-order valence-electron chi connectivity index (χ2n) is 2.89. The standard InChI is InChI=1S/C10H9ClFNO/c1-7(13-14)9-4-2-3-8(5-9)6-10(11)12/h2-7H,1H3. The van der Waals surface area contributed by atoms with E-state index in [1.807, 2.05) is 0 Å². The van der Waals surface area contributed by atoms with Crippen LogP contribution in [0.1, 0.15) is 24.1 Å². The lowest BCUT2D eigenvalue weighted by molar-refractivity contribution is 0.702. The summed E-state index contributed by atoms with van der Waals surface area (Å²) in [6, 6.07) is 6.43. The number of nitrogens with zero attached hydrogens (tertiary/aromatic N) is 1. The number of nitroso groups, excluding NO2 is 1. The van der Waals surface area contributed by atoms with E-state index in [0.717, 1.165) is 5.56 Å². The number of halogens is 2. The van der Waals surface area contributed by atoms with Crippen LogP contribution in [0, 0.1) is 4.91 Å². The van der Waals surface area contributed by atoms with Crippen molar-refractivity contribution in [3.8, 4) is 0 Å². The maximum atomic E-state index is 12.3. The summed E-state index contributed by atoms with van der Waals surface area (Å²) in [6.07, 6.45) is 1.18. The highest BCUT2D eigenvalue weighted by Gasteiger charge is 2.04. The van der Waals surface area contributed by atoms with Crippen LogP contribution in [0.3, 0.4) is 0 Å². The summed E-state index contributed by atoms with van der Waals surface area (Å²) in [5.74, 6) is 0. The van der Waals surface area contributed by atoms with Gasteiger partial charge in [-0.15, -0.1) is 0 Å². The molecule has 0 bridgehead atoms. The first-order valence-electron chi connectivity index (χ1n) is 4.08. The Bertz CT molecular complexity index is 361. The second kappa shape index (κ2) is 4.86. The van der Waals surface area contributed by atoms with Crippen molar-refractivity contribution in [2.24, 2.45) is 5.18 Å². The minimum Gasteiger partial charge on any atom is -0.194 e. The molecular weight excluding hydrogens is 205 g/mol. The zero-order chi connectivity index (χ0) is 10.6. The third-order valence-corrected chi connectivity index (χ3v) is 1.94. The van der Waals surface area contributed by atoms with Crippen LogP contribution in [-0.2, 0) is 0 Å². The van der Waals surface area contributed by atoms with E-state index in [1.54, 1.807) is 31.2 Å². The monoisotopic (exact) mass is 213 g/mol. The Balaban J connectivity index is 3.01. The van der Waals surface area contributed by atoms with Gasteiger partial charge in [-0.3, -0.25) is 0 Å². The molecule has 0 heterocycles. The van der Waals surface area contributed by atoms with E-state index in [4.69, 9.17) is 11.6 Å². The van der Waals surface area contributed by atoms with Gasteiger partial charge in [0.05, 0.1) is 0 Å². The maximum Gasteiger partial charge on any atom is 0.189 e. The van der Waals surface area contributed by atoms with Gasteiger partial charge in [-0.25, -0.2) is 0 Å². The fraction of sp³-hybridized carbons (Fsp3) is 0.200. The molecule has 0 aliphatic rings. The molecule has 1 unspecified atom stereocenters. The molecule has 1 aromatic carbocycles. The molecule has 0 saturated heterocycles. The van der Waals surface area contributed by atoms with Crippen LogP contribution in [0.25, 0.3) is 6.08 Å². The number of hydrogen-bond donors (Lipinski definition) is 0. The predicted octanol–water partition coefficient (Wildman–Crippen LogP) is 4.02. The molecule has 2 nitrogen and oxygen atoms in total. The van der Waals surface area contributed by atoms with Crippen molar-refractivity contribution in [1.29, 1.82) is 0 Å². The molecule has 0 N–H and O–H groups in total. The van der Waals surface area contributed by atoms with Gasteiger partial charge in [-0.1, -0.05) is 35.0 Å². The fourth-order valence-corrected chi connectivity index (χ4v) is 1.22. The summed E-state index contributed by atoms with van der Waals surface area (Å²) in [6.45, 7) is 1.67. The SMILES string of the molecule is CC(N=O)c1cccc(C=C(F)Cl)c1. The Morgan fingerprint density at radius 3 is 2.93 bits per heavy atom. The zero-order valence-electron chi connectivity index (χ0n) is 7.58. The Labute approximate surface area is 86.4 Å². The highest BCUT2D eigenvalue weighted by atomic mass is 35.5. The van der Waals surface area contributed by atoms with Gasteiger partial charge in [-0.2, -0.15) is 9.30 Å². The molecule has 1 rings (SSSR count). The summed E-state index contributed by atoms with van der Waals surface area (Å²) >= 11 is 5.09. The molecule has 1 atom stereocenters. The smallest absolute Gasteiger partial charge is 0.189 e. The van der Waals surface area contributed by atoms with E-state index in [9.17, 15) is 9.30 Å². The molecule has 0 amide bonds. The largest absolute Gasteiger partial charge is 0.194 e. The molecule has 1 aromatic rings. The van der Waals surface area contributed by atoms with Crippen molar-refractivity contribution < 1.29 is 4.39 Å². The Morgan fingerprint density at radius 1 is 1.64 bits per heavy atom. The normalized spacial score (nSPS) is 13.8. The summed E-state index contributed by atoms with van der Waals surface area (Å²) in [5, 5.41) is 2.10. The summed E-state index contributed by atoms with van der Waals surface area (Å²) in [4.78, 5) is 10.3. The molecule has 74 valence electrons. The van der Waals surface area contributed by atoms with Crippen LogP contribution >= 0.6 is 11.6 Å². The average molecular weight is 214 g/mol. The first-order chi connectivity index (χ1) is 6.63. The first-order valence-corrected chi connectivity index (χ1v) is 4.46. The molecule has 0 aromatic heterocycles. The molecule has 0 aliphatic carbocycles. The highest BCUT2D eigenvalue weighted by molar-refractivity contribution is 6.30. The molecule has 0 saturated carbocycles. The van der Waals surface area contributed by atoms with E-state index in [-0.39, 0.29) is 0 Å². The van der Waals surface area contributed by atoms with Crippen molar-refractivity contribution in [3.05, 3.63) is 45.6 Å².